The molecule has 14 heteroatoms. The minimum atomic E-state index is -2.05. The normalized spacial score (nSPS) is 22.8. The molecule has 2 saturated heterocycles. The summed E-state index contributed by atoms with van der Waals surface area (Å²) in [6.45, 7) is -0.462. The van der Waals surface area contributed by atoms with Crippen molar-refractivity contribution in [2.75, 3.05) is 38.4 Å². The Morgan fingerprint density at radius 2 is 1.62 bits per heavy atom. The molecule has 1 aliphatic carbocycles. The summed E-state index contributed by atoms with van der Waals surface area (Å²) in [4.78, 5) is 73.3. The molecule has 3 amide bonds. The highest BCUT2D eigenvalue weighted by molar-refractivity contribution is 6.23. The van der Waals surface area contributed by atoms with Crippen LogP contribution in [-0.2, 0) is 40.6 Å². The number of morpholine rings is 1. The summed E-state index contributed by atoms with van der Waals surface area (Å²) in [5, 5.41) is 12.9. The fourth-order valence-electron chi connectivity index (χ4n) is 10.7. The van der Waals surface area contributed by atoms with Crippen LogP contribution in [0.5, 0.6) is 5.75 Å². The van der Waals surface area contributed by atoms with E-state index in [-0.39, 0.29) is 38.7 Å². The van der Waals surface area contributed by atoms with Gasteiger partial charge in [-0.3, -0.25) is 19.3 Å². The number of aromatic nitrogens is 2. The molecule has 4 heterocycles. The van der Waals surface area contributed by atoms with Crippen LogP contribution < -0.4 is 15.0 Å². The van der Waals surface area contributed by atoms with E-state index >= 15 is 14.4 Å². The van der Waals surface area contributed by atoms with E-state index in [4.69, 9.17) is 23.9 Å². The van der Waals surface area contributed by atoms with Crippen LogP contribution in [0.4, 0.5) is 10.5 Å². The van der Waals surface area contributed by atoms with Crippen LogP contribution in [0.15, 0.2) is 139 Å². The molecule has 5 aromatic carbocycles. The number of hydrogen-bond donors (Lipinski definition) is 3. The van der Waals surface area contributed by atoms with Crippen molar-refractivity contribution in [3.8, 4) is 17.6 Å². The maximum absolute atomic E-state index is 16.5. The number of rotatable bonds is 12. The molecule has 0 saturated carbocycles. The van der Waals surface area contributed by atoms with Gasteiger partial charge in [0.15, 0.2) is 0 Å². The van der Waals surface area contributed by atoms with Crippen LogP contribution in [0.3, 0.4) is 0 Å². The number of imidazole rings is 1. The predicted molar refractivity (Wildman–Crippen MR) is 256 cm³/mol. The number of esters is 1. The minimum Gasteiger partial charge on any atom is -0.491 e. The van der Waals surface area contributed by atoms with Crippen LogP contribution in [0.1, 0.15) is 77.5 Å². The molecule has 6 aromatic rings. The van der Waals surface area contributed by atoms with Crippen LogP contribution >= 0.6 is 0 Å². The van der Waals surface area contributed by atoms with Crippen molar-refractivity contribution >= 4 is 40.6 Å². The maximum atomic E-state index is 16.5. The summed E-state index contributed by atoms with van der Waals surface area (Å²) in [6, 6.07) is 35.3. The van der Waals surface area contributed by atoms with Gasteiger partial charge in [-0.15, -0.1) is 0 Å². The van der Waals surface area contributed by atoms with Gasteiger partial charge in [-0.2, -0.15) is 0 Å². The number of para-hydroxylation sites is 2. The second-order valence-electron chi connectivity index (χ2n) is 17.5. The first-order chi connectivity index (χ1) is 33.8. The number of fused-ring (bicyclic) bond motifs is 4. The van der Waals surface area contributed by atoms with E-state index in [9.17, 15) is 9.90 Å². The fraction of sp³-hybridized carbons (Fsp3) is 0.291. The summed E-state index contributed by atoms with van der Waals surface area (Å²) in [5.41, 5.74) is 3.40. The van der Waals surface area contributed by atoms with E-state index in [1.165, 1.54) is 7.11 Å². The van der Waals surface area contributed by atoms with Crippen molar-refractivity contribution in [3.05, 3.63) is 173 Å². The third kappa shape index (κ3) is 8.32. The number of aliphatic hydroxyl groups excluding tert-OH is 1. The number of H-pyrrole nitrogens is 1. The lowest BCUT2D eigenvalue weighted by Crippen LogP contribution is -2.55. The number of allylic oxidation sites excluding steroid dienone is 2. The Kier molecular flexibility index (Phi) is 12.8. The number of aromatic amines is 1. The third-order valence-corrected chi connectivity index (χ3v) is 13.5. The van der Waals surface area contributed by atoms with Gasteiger partial charge in [0, 0.05) is 12.7 Å². The molecule has 0 unspecified atom stereocenters. The SMILES string of the molecule is COCCOC(=O)N1C(=O)[C@@]2(c3cc(C#CC4=CCCCC4)ccc31)[C@H](c1cccc(OCCO)c1)N1[C@H](c3ccccc3)[C@H](c3ccccc3)OC(=O)[C@H]1[C@@H]2C(=O)NCc1nc2ccccc2[nH]1. The molecule has 14 nitrogen and oxygen atoms in total. The maximum Gasteiger partial charge on any atom is 0.421 e. The molecule has 2 fully saturated rings. The number of nitrogens with one attached hydrogen (secondary N) is 2. The summed E-state index contributed by atoms with van der Waals surface area (Å²) >= 11 is 0. The molecule has 350 valence electrons. The van der Waals surface area contributed by atoms with E-state index in [1.54, 1.807) is 36.4 Å². The highest BCUT2D eigenvalue weighted by Gasteiger charge is 2.75. The van der Waals surface area contributed by atoms with Crippen LogP contribution in [0, 0.1) is 17.8 Å². The Morgan fingerprint density at radius 3 is 2.38 bits per heavy atom. The zero-order valence-corrected chi connectivity index (χ0v) is 38.0. The lowest BCUT2D eigenvalue weighted by Gasteiger charge is -2.46. The van der Waals surface area contributed by atoms with E-state index in [2.05, 4.69) is 28.2 Å². The number of carbonyl (C=O) groups excluding carboxylic acids is 4. The van der Waals surface area contributed by atoms with Crippen molar-refractivity contribution in [1.29, 1.82) is 0 Å². The summed E-state index contributed by atoms with van der Waals surface area (Å²) < 4.78 is 23.6. The summed E-state index contributed by atoms with van der Waals surface area (Å²) in [7, 11) is 1.47. The zero-order valence-electron chi connectivity index (χ0n) is 38.0. The van der Waals surface area contributed by atoms with Gasteiger partial charge < -0.3 is 34.4 Å². The molecule has 0 radical (unpaired) electrons. The molecular formula is C55H51N5O9. The molecule has 1 aromatic heterocycles. The summed E-state index contributed by atoms with van der Waals surface area (Å²) in [5.74, 6) is 3.80. The number of anilines is 1. The molecular weight excluding hydrogens is 875 g/mol. The fourth-order valence-corrected chi connectivity index (χ4v) is 10.7. The van der Waals surface area contributed by atoms with Crippen LogP contribution in [0.2, 0.25) is 0 Å². The van der Waals surface area contributed by atoms with Gasteiger partial charge in [0.05, 0.1) is 54.5 Å². The second kappa shape index (κ2) is 19.6. The lowest BCUT2D eigenvalue weighted by atomic mass is 9.65. The van der Waals surface area contributed by atoms with Crippen molar-refractivity contribution in [2.45, 2.75) is 61.9 Å². The Morgan fingerprint density at radius 1 is 0.855 bits per heavy atom. The van der Waals surface area contributed by atoms with Crippen molar-refractivity contribution in [2.24, 2.45) is 5.92 Å². The number of aliphatic hydroxyl groups is 1. The molecule has 6 atom stereocenters. The largest absolute Gasteiger partial charge is 0.491 e. The zero-order chi connectivity index (χ0) is 47.5. The quantitative estimate of drug-likeness (QED) is 0.0629. The number of imide groups is 1. The van der Waals surface area contributed by atoms with Crippen LogP contribution in [-0.4, -0.2) is 83.4 Å². The Hall–Kier alpha value is -7.57. The number of ether oxygens (including phenoxy) is 4. The van der Waals surface area contributed by atoms with Crippen LogP contribution in [0.25, 0.3) is 11.0 Å². The number of benzene rings is 5. The van der Waals surface area contributed by atoms with E-state index in [0.29, 0.717) is 39.3 Å². The first-order valence-electron chi connectivity index (χ1n) is 23.3. The van der Waals surface area contributed by atoms with Crippen molar-refractivity contribution < 1.29 is 43.2 Å². The summed E-state index contributed by atoms with van der Waals surface area (Å²) in [6.07, 6.45) is 4.13. The molecule has 4 aliphatic rings. The predicted octanol–water partition coefficient (Wildman–Crippen LogP) is 7.55. The Balaban J connectivity index is 1.25. The second-order valence-corrected chi connectivity index (χ2v) is 17.5. The number of cyclic esters (lactones) is 1. The highest BCUT2D eigenvalue weighted by Crippen LogP contribution is 2.66. The molecule has 3 N–H and O–H groups in total. The van der Waals surface area contributed by atoms with Gasteiger partial charge in [-0.25, -0.2) is 14.7 Å². The molecule has 10 rings (SSSR count). The first kappa shape index (κ1) is 45.2. The smallest absolute Gasteiger partial charge is 0.421 e. The standard InChI is InChI=1S/C55H51N5O9/c1-66-30-31-68-54(65)59-44-27-26-36(25-24-35-14-5-2-6-15-35)32-41(44)55(53(59)64)46(51(62)56-34-45-57-42-22-11-12-23-43(42)58-45)48-52(63)69-49(38-18-9-4-10-19-38)47(37-16-7-3-8-17-37)60(48)50(55)39-20-13-21-40(33-39)67-29-28-61/h3-4,7-14,16-23,26-27,32-33,46-50,61H,2,5-6,15,28-31,34H2,1H3,(H,56,62)(H,57,58)/t46-,47-,48-,49+,50+,55-/m1/s1. The van der Waals surface area contributed by atoms with Gasteiger partial charge in [-0.1, -0.05) is 103 Å². The van der Waals surface area contributed by atoms with E-state index < -0.39 is 59.4 Å². The Labute approximate surface area is 399 Å². The van der Waals surface area contributed by atoms with E-state index in [1.807, 2.05) is 95.9 Å². The number of amides is 3. The monoisotopic (exact) mass is 925 g/mol. The van der Waals surface area contributed by atoms with Crippen molar-refractivity contribution in [1.82, 2.24) is 20.2 Å². The number of hydrogen-bond acceptors (Lipinski definition) is 11. The third-order valence-electron chi connectivity index (χ3n) is 13.5. The van der Waals surface area contributed by atoms with Gasteiger partial charge >= 0.3 is 12.1 Å². The number of carbonyl (C=O) groups is 4. The minimum absolute atomic E-state index is 0.0191. The van der Waals surface area contributed by atoms with Gasteiger partial charge in [0.25, 0.3) is 0 Å². The topological polar surface area (TPSA) is 173 Å². The molecule has 1 spiro atoms. The highest BCUT2D eigenvalue weighted by atomic mass is 16.6. The van der Waals surface area contributed by atoms with Gasteiger partial charge in [0.1, 0.15) is 42.3 Å². The average molecular weight is 926 g/mol. The molecule has 69 heavy (non-hydrogen) atoms. The molecule has 0 bridgehead atoms. The first-order valence-corrected chi connectivity index (χ1v) is 23.3. The Bertz CT molecular complexity index is 2970. The number of methoxy groups -OCH3 is 1. The number of nitrogens with zero attached hydrogens (tertiary/aromatic N) is 3. The lowest BCUT2D eigenvalue weighted by molar-refractivity contribution is -0.178. The van der Waals surface area contributed by atoms with E-state index in [0.717, 1.165) is 47.2 Å². The van der Waals surface area contributed by atoms with Gasteiger partial charge in [-0.05, 0) is 96.0 Å². The van der Waals surface area contributed by atoms with Gasteiger partial charge in [0.2, 0.25) is 11.8 Å². The van der Waals surface area contributed by atoms with Crippen molar-refractivity contribution in [3.63, 3.8) is 0 Å². The molecule has 3 aliphatic heterocycles. The average Bonchev–Trinajstić information content (AvgIpc) is 4.03.